The van der Waals surface area contributed by atoms with Crippen molar-refractivity contribution in [1.82, 2.24) is 29.2 Å². The van der Waals surface area contributed by atoms with Crippen molar-refractivity contribution in [3.63, 3.8) is 0 Å². The minimum Gasteiger partial charge on any atom is -0.350 e. The Kier molecular flexibility index (Phi) is 5.97. The van der Waals surface area contributed by atoms with Gasteiger partial charge in [0, 0.05) is 19.5 Å². The first kappa shape index (κ1) is 20.6. The molecule has 2 heterocycles. The molecule has 2 aromatic carbocycles. The third-order valence-electron chi connectivity index (χ3n) is 5.39. The molecule has 0 aliphatic carbocycles. The van der Waals surface area contributed by atoms with Crippen molar-refractivity contribution in [2.45, 2.75) is 45.8 Å². The normalized spacial score (nSPS) is 12.2. The van der Waals surface area contributed by atoms with Gasteiger partial charge in [0.05, 0.1) is 22.8 Å². The number of hydrogen-bond acceptors (Lipinski definition) is 4. The number of aromatic nitrogens is 5. The third kappa shape index (κ3) is 4.28. The molecule has 0 bridgehead atoms. The van der Waals surface area contributed by atoms with E-state index in [0.717, 1.165) is 28.7 Å². The van der Waals surface area contributed by atoms with Crippen LogP contribution in [0, 0.1) is 0 Å². The van der Waals surface area contributed by atoms with Crippen LogP contribution >= 0.6 is 0 Å². The Morgan fingerprint density at radius 1 is 1.03 bits per heavy atom. The zero-order valence-electron chi connectivity index (χ0n) is 17.7. The van der Waals surface area contributed by atoms with E-state index in [1.807, 2.05) is 62.4 Å². The predicted octanol–water partition coefficient (Wildman–Crippen LogP) is 3.06. The molecule has 0 saturated carbocycles. The summed E-state index contributed by atoms with van der Waals surface area (Å²) < 4.78 is 5.16. The number of amides is 1. The molecule has 0 spiro atoms. The highest BCUT2D eigenvalue weighted by Gasteiger charge is 2.15. The number of benzene rings is 2. The van der Waals surface area contributed by atoms with E-state index in [1.54, 1.807) is 20.1 Å². The van der Waals surface area contributed by atoms with Gasteiger partial charge in [0.15, 0.2) is 0 Å². The van der Waals surface area contributed by atoms with Crippen LogP contribution in [0.25, 0.3) is 16.7 Å². The van der Waals surface area contributed by atoms with E-state index in [-0.39, 0.29) is 24.1 Å². The molecule has 31 heavy (non-hydrogen) atoms. The van der Waals surface area contributed by atoms with Crippen LogP contribution in [0.1, 0.15) is 38.3 Å². The van der Waals surface area contributed by atoms with Crippen LogP contribution in [0.15, 0.2) is 66.0 Å². The number of rotatable bonds is 8. The Hall–Kier alpha value is -3.68. The topological polar surface area (TPSA) is 86.7 Å². The average molecular weight is 419 g/mol. The van der Waals surface area contributed by atoms with Crippen LogP contribution in [0.5, 0.6) is 0 Å². The van der Waals surface area contributed by atoms with Crippen LogP contribution in [0.2, 0.25) is 0 Å². The molecule has 1 atom stereocenters. The monoisotopic (exact) mass is 418 g/mol. The number of nitrogens with one attached hydrogen (secondary N) is 1. The van der Waals surface area contributed by atoms with Gasteiger partial charge in [-0.25, -0.2) is 14.5 Å². The maximum absolute atomic E-state index is 12.8. The fraction of sp³-hybridized carbons (Fsp3) is 0.304. The van der Waals surface area contributed by atoms with Gasteiger partial charge < -0.3 is 5.32 Å². The Bertz CT molecular complexity index is 1220. The molecule has 0 saturated heterocycles. The first-order valence-corrected chi connectivity index (χ1v) is 10.5. The van der Waals surface area contributed by atoms with Gasteiger partial charge in [-0.3, -0.25) is 13.9 Å². The quantitative estimate of drug-likeness (QED) is 0.476. The molecule has 1 unspecified atom stereocenters. The Morgan fingerprint density at radius 3 is 2.32 bits per heavy atom. The lowest BCUT2D eigenvalue weighted by Gasteiger charge is -2.15. The summed E-state index contributed by atoms with van der Waals surface area (Å²) in [6.45, 7) is 5.01. The summed E-state index contributed by atoms with van der Waals surface area (Å²) in [4.78, 5) is 29.4. The second-order valence-electron chi connectivity index (χ2n) is 7.55. The van der Waals surface area contributed by atoms with Gasteiger partial charge >= 0.3 is 5.69 Å². The van der Waals surface area contributed by atoms with Gasteiger partial charge in [0.1, 0.15) is 12.7 Å². The van der Waals surface area contributed by atoms with Crippen LogP contribution in [-0.2, 0) is 17.9 Å². The fourth-order valence-corrected chi connectivity index (χ4v) is 3.80. The number of aryl methyl sites for hydroxylation is 2. The van der Waals surface area contributed by atoms with Gasteiger partial charge in [-0.1, -0.05) is 31.2 Å². The predicted molar refractivity (Wildman–Crippen MR) is 119 cm³/mol. The molecule has 4 aromatic rings. The van der Waals surface area contributed by atoms with E-state index in [9.17, 15) is 9.59 Å². The summed E-state index contributed by atoms with van der Waals surface area (Å²) in [6, 6.07) is 15.4. The number of para-hydroxylation sites is 2. The maximum Gasteiger partial charge on any atom is 0.329 e. The molecule has 160 valence electrons. The SMILES string of the molecule is CCCn1c(=O)n(CCC(=O)NC(C)c2ccc(-n3cncn3)cc2)c2ccccc21. The zero-order chi connectivity index (χ0) is 21.8. The lowest BCUT2D eigenvalue weighted by molar-refractivity contribution is -0.121. The summed E-state index contributed by atoms with van der Waals surface area (Å²) in [7, 11) is 0. The number of fused-ring (bicyclic) bond motifs is 1. The number of carbonyl (C=O) groups excluding carboxylic acids is 1. The van der Waals surface area contributed by atoms with Crippen LogP contribution < -0.4 is 11.0 Å². The van der Waals surface area contributed by atoms with E-state index >= 15 is 0 Å². The molecule has 2 aromatic heterocycles. The molecule has 1 amide bonds. The fourth-order valence-electron chi connectivity index (χ4n) is 3.80. The lowest BCUT2D eigenvalue weighted by Crippen LogP contribution is -2.30. The first-order chi connectivity index (χ1) is 15.1. The highest BCUT2D eigenvalue weighted by Crippen LogP contribution is 2.16. The molecule has 0 aliphatic rings. The average Bonchev–Trinajstić information content (AvgIpc) is 3.41. The summed E-state index contributed by atoms with van der Waals surface area (Å²) in [5.74, 6) is -0.0907. The van der Waals surface area contributed by atoms with Crippen molar-refractivity contribution in [2.75, 3.05) is 0 Å². The van der Waals surface area contributed by atoms with Gasteiger partial charge in [0.25, 0.3) is 0 Å². The van der Waals surface area contributed by atoms with Crippen LogP contribution in [0.4, 0.5) is 0 Å². The number of carbonyl (C=O) groups is 1. The van der Waals surface area contributed by atoms with Crippen molar-refractivity contribution in [3.05, 3.63) is 77.2 Å². The largest absolute Gasteiger partial charge is 0.350 e. The molecule has 0 aliphatic heterocycles. The first-order valence-electron chi connectivity index (χ1n) is 10.5. The molecule has 8 heteroatoms. The second kappa shape index (κ2) is 8.99. The number of hydrogen-bond donors (Lipinski definition) is 1. The summed E-state index contributed by atoms with van der Waals surface area (Å²) in [6.07, 6.45) is 4.24. The molecule has 8 nitrogen and oxygen atoms in total. The van der Waals surface area contributed by atoms with E-state index in [4.69, 9.17) is 0 Å². The van der Waals surface area contributed by atoms with Crippen LogP contribution in [0.3, 0.4) is 0 Å². The van der Waals surface area contributed by atoms with Gasteiger partial charge in [-0.15, -0.1) is 0 Å². The Balaban J connectivity index is 1.41. The minimum absolute atomic E-state index is 0.0624. The van der Waals surface area contributed by atoms with E-state index < -0.39 is 0 Å². The summed E-state index contributed by atoms with van der Waals surface area (Å²) >= 11 is 0. The van der Waals surface area contributed by atoms with Crippen molar-refractivity contribution in [2.24, 2.45) is 0 Å². The summed E-state index contributed by atoms with van der Waals surface area (Å²) in [5, 5.41) is 7.13. The highest BCUT2D eigenvalue weighted by atomic mass is 16.2. The van der Waals surface area contributed by atoms with Crippen molar-refractivity contribution in [1.29, 1.82) is 0 Å². The second-order valence-corrected chi connectivity index (χ2v) is 7.55. The maximum atomic E-state index is 12.8. The van der Waals surface area contributed by atoms with Gasteiger partial charge in [-0.2, -0.15) is 5.10 Å². The highest BCUT2D eigenvalue weighted by molar-refractivity contribution is 5.78. The minimum atomic E-state index is -0.143. The molecular weight excluding hydrogens is 392 g/mol. The van der Waals surface area contributed by atoms with Gasteiger partial charge in [-0.05, 0) is 43.2 Å². The molecule has 4 rings (SSSR count). The van der Waals surface area contributed by atoms with E-state index in [2.05, 4.69) is 15.4 Å². The van der Waals surface area contributed by atoms with E-state index in [1.165, 1.54) is 6.33 Å². The van der Waals surface area contributed by atoms with Gasteiger partial charge in [0.2, 0.25) is 5.91 Å². The molecular formula is C23H26N6O2. The van der Waals surface area contributed by atoms with Crippen molar-refractivity contribution in [3.8, 4) is 5.69 Å². The van der Waals surface area contributed by atoms with E-state index in [0.29, 0.717) is 13.1 Å². The van der Waals surface area contributed by atoms with Crippen LogP contribution in [-0.4, -0.2) is 29.8 Å². The molecule has 1 N–H and O–H groups in total. The standard InChI is InChI=1S/C23H26N6O2/c1-3-13-27-20-6-4-5-7-21(20)28(23(27)31)14-12-22(30)26-17(2)18-8-10-19(11-9-18)29-16-24-15-25-29/h4-11,15-17H,3,12-14H2,1-2H3,(H,26,30). The molecule has 0 radical (unpaired) electrons. The Labute approximate surface area is 180 Å². The smallest absolute Gasteiger partial charge is 0.329 e. The zero-order valence-corrected chi connectivity index (χ0v) is 17.7. The number of nitrogens with zero attached hydrogens (tertiary/aromatic N) is 5. The summed E-state index contributed by atoms with van der Waals surface area (Å²) in [5.41, 5.74) is 3.62. The Morgan fingerprint density at radius 2 is 1.71 bits per heavy atom. The molecule has 0 fully saturated rings. The number of imidazole rings is 1. The van der Waals surface area contributed by atoms with Crippen molar-refractivity contribution >= 4 is 16.9 Å². The lowest BCUT2D eigenvalue weighted by atomic mass is 10.1. The van der Waals surface area contributed by atoms with Crippen molar-refractivity contribution < 1.29 is 4.79 Å². The third-order valence-corrected chi connectivity index (χ3v) is 5.39.